The fourth-order valence-corrected chi connectivity index (χ4v) is 2.72. The Morgan fingerprint density at radius 2 is 2.11 bits per heavy atom. The third kappa shape index (κ3) is 3.80. The maximum Gasteiger partial charge on any atom is 0.251 e. The molecule has 2 rings (SSSR count). The number of rotatable bonds is 3. The second kappa shape index (κ2) is 6.06. The predicted octanol–water partition coefficient (Wildman–Crippen LogP) is 2.88. The Morgan fingerprint density at radius 3 is 2.74 bits per heavy atom. The lowest BCUT2D eigenvalue weighted by molar-refractivity contribution is 0.0922. The van der Waals surface area contributed by atoms with Gasteiger partial charge in [0.05, 0.1) is 0 Å². The maximum absolute atomic E-state index is 12.1. The first-order valence-electron chi connectivity index (χ1n) is 6.75. The van der Waals surface area contributed by atoms with Gasteiger partial charge in [-0.25, -0.2) is 0 Å². The van der Waals surface area contributed by atoms with Gasteiger partial charge in [-0.1, -0.05) is 28.9 Å². The molecule has 0 aliphatic carbocycles. The molecule has 1 aliphatic rings. The van der Waals surface area contributed by atoms with E-state index in [2.05, 4.69) is 33.5 Å². The molecular weight excluding hydrogens is 304 g/mol. The largest absolute Gasteiger partial charge is 0.351 e. The van der Waals surface area contributed by atoms with Crippen molar-refractivity contribution in [2.24, 2.45) is 5.41 Å². The Labute approximate surface area is 123 Å². The summed E-state index contributed by atoms with van der Waals surface area (Å²) in [4.78, 5) is 12.1. The molecule has 0 unspecified atom stereocenters. The van der Waals surface area contributed by atoms with Gasteiger partial charge in [-0.05, 0) is 56.0 Å². The van der Waals surface area contributed by atoms with Crippen LogP contribution in [0.25, 0.3) is 0 Å². The SMILES string of the molecule is Cc1ccc(C(=O)NCC2(C)CCNCC2)cc1Br. The van der Waals surface area contributed by atoms with Crippen LogP contribution in [0.5, 0.6) is 0 Å². The topological polar surface area (TPSA) is 41.1 Å². The van der Waals surface area contributed by atoms with Crippen LogP contribution in [0.3, 0.4) is 0 Å². The lowest BCUT2D eigenvalue weighted by atomic mass is 9.81. The number of benzene rings is 1. The zero-order valence-corrected chi connectivity index (χ0v) is 13.1. The van der Waals surface area contributed by atoms with Crippen LogP contribution < -0.4 is 10.6 Å². The smallest absolute Gasteiger partial charge is 0.251 e. The molecule has 1 fully saturated rings. The molecule has 1 aromatic carbocycles. The Balaban J connectivity index is 1.95. The molecule has 4 heteroatoms. The molecular formula is C15H21BrN2O. The van der Waals surface area contributed by atoms with Gasteiger partial charge in [-0.3, -0.25) is 4.79 Å². The number of hydrogen-bond donors (Lipinski definition) is 2. The van der Waals surface area contributed by atoms with Gasteiger partial charge >= 0.3 is 0 Å². The average molecular weight is 325 g/mol. The second-order valence-corrected chi connectivity index (χ2v) is 6.56. The Kier molecular flexibility index (Phi) is 4.63. The van der Waals surface area contributed by atoms with Crippen LogP contribution in [0.4, 0.5) is 0 Å². The lowest BCUT2D eigenvalue weighted by Crippen LogP contribution is -2.42. The van der Waals surface area contributed by atoms with Crippen LogP contribution in [0, 0.1) is 12.3 Å². The third-order valence-corrected chi connectivity index (χ3v) is 4.77. The molecule has 104 valence electrons. The van der Waals surface area contributed by atoms with Crippen LogP contribution in [0.1, 0.15) is 35.7 Å². The molecule has 1 aromatic rings. The summed E-state index contributed by atoms with van der Waals surface area (Å²) in [6.07, 6.45) is 2.23. The standard InChI is InChI=1S/C15H21BrN2O/c1-11-3-4-12(9-13(11)16)14(19)18-10-15(2)5-7-17-8-6-15/h3-4,9,17H,5-8,10H2,1-2H3,(H,18,19). The number of piperidine rings is 1. The van der Waals surface area contributed by atoms with Crippen LogP contribution in [-0.4, -0.2) is 25.5 Å². The normalized spacial score (nSPS) is 18.1. The van der Waals surface area contributed by atoms with Crippen molar-refractivity contribution in [2.75, 3.05) is 19.6 Å². The number of hydrogen-bond acceptors (Lipinski definition) is 2. The molecule has 1 aliphatic heterocycles. The molecule has 19 heavy (non-hydrogen) atoms. The molecule has 0 saturated carbocycles. The summed E-state index contributed by atoms with van der Waals surface area (Å²) < 4.78 is 0.980. The summed E-state index contributed by atoms with van der Waals surface area (Å²) in [5.41, 5.74) is 2.08. The molecule has 0 radical (unpaired) electrons. The van der Waals surface area contributed by atoms with E-state index in [-0.39, 0.29) is 11.3 Å². The monoisotopic (exact) mass is 324 g/mol. The van der Waals surface area contributed by atoms with E-state index >= 15 is 0 Å². The first-order chi connectivity index (χ1) is 9.00. The maximum atomic E-state index is 12.1. The van der Waals surface area contributed by atoms with Gasteiger partial charge in [-0.15, -0.1) is 0 Å². The predicted molar refractivity (Wildman–Crippen MR) is 81.4 cm³/mol. The third-order valence-electron chi connectivity index (χ3n) is 3.92. The van der Waals surface area contributed by atoms with Crippen molar-refractivity contribution in [2.45, 2.75) is 26.7 Å². The van der Waals surface area contributed by atoms with Gasteiger partial charge in [0.2, 0.25) is 0 Å². The van der Waals surface area contributed by atoms with E-state index in [1.54, 1.807) is 0 Å². The highest BCUT2D eigenvalue weighted by Gasteiger charge is 2.27. The van der Waals surface area contributed by atoms with Crippen LogP contribution in [0.2, 0.25) is 0 Å². The summed E-state index contributed by atoms with van der Waals surface area (Å²) >= 11 is 3.46. The van der Waals surface area contributed by atoms with Crippen molar-refractivity contribution in [3.05, 3.63) is 33.8 Å². The molecule has 0 spiro atoms. The van der Waals surface area contributed by atoms with Gasteiger partial charge in [0, 0.05) is 16.6 Å². The molecule has 0 aromatic heterocycles. The van der Waals surface area contributed by atoms with Crippen LogP contribution in [-0.2, 0) is 0 Å². The van der Waals surface area contributed by atoms with Crippen molar-refractivity contribution in [3.8, 4) is 0 Å². The highest BCUT2D eigenvalue weighted by Crippen LogP contribution is 2.26. The second-order valence-electron chi connectivity index (χ2n) is 5.71. The van der Waals surface area contributed by atoms with Gasteiger partial charge in [0.1, 0.15) is 0 Å². The molecule has 0 bridgehead atoms. The number of carbonyl (C=O) groups excluding carboxylic acids is 1. The van der Waals surface area contributed by atoms with Crippen LogP contribution >= 0.6 is 15.9 Å². The minimum Gasteiger partial charge on any atom is -0.351 e. The molecule has 1 heterocycles. The quantitative estimate of drug-likeness (QED) is 0.897. The fraction of sp³-hybridized carbons (Fsp3) is 0.533. The summed E-state index contributed by atoms with van der Waals surface area (Å²) in [5.74, 6) is 0.0143. The van der Waals surface area contributed by atoms with E-state index in [0.717, 1.165) is 48.1 Å². The number of amides is 1. The van der Waals surface area contributed by atoms with E-state index < -0.39 is 0 Å². The molecule has 0 atom stereocenters. The number of halogens is 1. The number of nitrogens with one attached hydrogen (secondary N) is 2. The van der Waals surface area contributed by atoms with E-state index in [1.165, 1.54) is 0 Å². The van der Waals surface area contributed by atoms with E-state index in [9.17, 15) is 4.79 Å². The zero-order chi connectivity index (χ0) is 13.9. The summed E-state index contributed by atoms with van der Waals surface area (Å²) in [7, 11) is 0. The summed E-state index contributed by atoms with van der Waals surface area (Å²) in [6, 6.07) is 5.72. The van der Waals surface area contributed by atoms with Gasteiger partial charge in [0.25, 0.3) is 5.91 Å². The van der Waals surface area contributed by atoms with Crippen molar-refractivity contribution < 1.29 is 4.79 Å². The van der Waals surface area contributed by atoms with Gasteiger partial charge < -0.3 is 10.6 Å². The minimum absolute atomic E-state index is 0.0143. The van der Waals surface area contributed by atoms with Crippen molar-refractivity contribution in [1.82, 2.24) is 10.6 Å². The number of carbonyl (C=O) groups is 1. The van der Waals surface area contributed by atoms with Gasteiger partial charge in [-0.2, -0.15) is 0 Å². The Morgan fingerprint density at radius 1 is 1.42 bits per heavy atom. The minimum atomic E-state index is 0.0143. The fourth-order valence-electron chi connectivity index (χ4n) is 2.34. The molecule has 2 N–H and O–H groups in total. The van der Waals surface area contributed by atoms with Crippen LogP contribution in [0.15, 0.2) is 22.7 Å². The summed E-state index contributed by atoms with van der Waals surface area (Å²) in [6.45, 7) is 7.10. The Bertz CT molecular complexity index is 467. The highest BCUT2D eigenvalue weighted by atomic mass is 79.9. The molecule has 1 saturated heterocycles. The first-order valence-corrected chi connectivity index (χ1v) is 7.55. The van der Waals surface area contributed by atoms with E-state index in [1.807, 2.05) is 25.1 Å². The first kappa shape index (κ1) is 14.5. The van der Waals surface area contributed by atoms with E-state index in [0.29, 0.717) is 0 Å². The molecule has 1 amide bonds. The van der Waals surface area contributed by atoms with E-state index in [4.69, 9.17) is 0 Å². The number of aryl methyl sites for hydroxylation is 1. The van der Waals surface area contributed by atoms with Crippen molar-refractivity contribution >= 4 is 21.8 Å². The van der Waals surface area contributed by atoms with Crippen molar-refractivity contribution in [3.63, 3.8) is 0 Å². The summed E-state index contributed by atoms with van der Waals surface area (Å²) in [5, 5.41) is 6.42. The average Bonchev–Trinajstić information content (AvgIpc) is 2.40. The molecule has 3 nitrogen and oxygen atoms in total. The van der Waals surface area contributed by atoms with Gasteiger partial charge in [0.15, 0.2) is 0 Å². The zero-order valence-electron chi connectivity index (χ0n) is 11.6. The Hall–Kier alpha value is -0.870. The van der Waals surface area contributed by atoms with Crippen molar-refractivity contribution in [1.29, 1.82) is 0 Å². The lowest BCUT2D eigenvalue weighted by Gasteiger charge is -2.34. The highest BCUT2D eigenvalue weighted by molar-refractivity contribution is 9.10.